The zero-order valence-electron chi connectivity index (χ0n) is 10.7. The number of rotatable bonds is 3. The molecule has 0 aliphatic heterocycles. The molecule has 104 valence electrons. The lowest BCUT2D eigenvalue weighted by Gasteiger charge is -2.09. The Hall–Kier alpha value is -1.94. The van der Waals surface area contributed by atoms with Crippen molar-refractivity contribution >= 4 is 23.2 Å². The maximum atomic E-state index is 13.8. The first-order valence-corrected chi connectivity index (χ1v) is 6.47. The number of hydrogen-bond acceptors (Lipinski definition) is 1. The van der Waals surface area contributed by atoms with E-state index in [1.807, 2.05) is 0 Å². The Labute approximate surface area is 120 Å². The molecule has 2 nitrogen and oxygen atoms in total. The second kappa shape index (κ2) is 6.01. The molecule has 0 aromatic heterocycles. The Morgan fingerprint density at radius 2 is 1.80 bits per heavy atom. The zero-order chi connectivity index (χ0) is 14.7. The van der Waals surface area contributed by atoms with Gasteiger partial charge in [0.05, 0.1) is 0 Å². The molecule has 2 aromatic carbocycles. The zero-order valence-corrected chi connectivity index (χ0v) is 11.5. The lowest BCUT2D eigenvalue weighted by atomic mass is 10.1. The minimum absolute atomic E-state index is 0.217. The van der Waals surface area contributed by atoms with Gasteiger partial charge < -0.3 is 5.32 Å². The van der Waals surface area contributed by atoms with Gasteiger partial charge in [-0.2, -0.15) is 0 Å². The predicted molar refractivity (Wildman–Crippen MR) is 75.0 cm³/mol. The number of anilines is 1. The molecule has 2 rings (SSSR count). The van der Waals surface area contributed by atoms with E-state index in [0.29, 0.717) is 11.6 Å². The topological polar surface area (TPSA) is 29.1 Å². The molecule has 0 atom stereocenters. The van der Waals surface area contributed by atoms with Crippen molar-refractivity contribution in [3.8, 4) is 0 Å². The lowest BCUT2D eigenvalue weighted by molar-refractivity contribution is 0.101. The molecule has 0 radical (unpaired) electrons. The molecule has 0 unspecified atom stereocenters. The maximum absolute atomic E-state index is 13.8. The highest BCUT2D eigenvalue weighted by atomic mass is 35.5. The third kappa shape index (κ3) is 2.96. The van der Waals surface area contributed by atoms with Crippen molar-refractivity contribution in [1.82, 2.24) is 0 Å². The number of aryl methyl sites for hydroxylation is 1. The summed E-state index contributed by atoms with van der Waals surface area (Å²) in [5.41, 5.74) is 0.974. The number of benzene rings is 2. The van der Waals surface area contributed by atoms with Gasteiger partial charge in [-0.05, 0) is 36.2 Å². The number of alkyl halides is 1. The smallest absolute Gasteiger partial charge is 0.261 e. The fourth-order valence-electron chi connectivity index (χ4n) is 1.74. The van der Waals surface area contributed by atoms with Gasteiger partial charge in [0.15, 0.2) is 0 Å². The summed E-state index contributed by atoms with van der Waals surface area (Å²) in [4.78, 5) is 11.9. The van der Waals surface area contributed by atoms with Crippen molar-refractivity contribution in [1.29, 1.82) is 0 Å². The molecule has 20 heavy (non-hydrogen) atoms. The Balaban J connectivity index is 2.26. The average Bonchev–Trinajstić information content (AvgIpc) is 2.44. The van der Waals surface area contributed by atoms with Crippen LogP contribution in [0.3, 0.4) is 0 Å². The molecule has 0 aliphatic carbocycles. The molecule has 5 heteroatoms. The third-order valence-corrected chi connectivity index (χ3v) is 3.19. The second-order valence-electron chi connectivity index (χ2n) is 4.34. The Kier molecular flexibility index (Phi) is 4.35. The van der Waals surface area contributed by atoms with Crippen LogP contribution < -0.4 is 5.32 Å². The molecule has 0 saturated carbocycles. The Morgan fingerprint density at radius 1 is 1.15 bits per heavy atom. The summed E-state index contributed by atoms with van der Waals surface area (Å²) in [6, 6.07) is 9.07. The summed E-state index contributed by atoms with van der Waals surface area (Å²) in [6.07, 6.45) is 0. The van der Waals surface area contributed by atoms with Crippen molar-refractivity contribution < 1.29 is 13.6 Å². The Bertz CT molecular complexity index is 641. The van der Waals surface area contributed by atoms with E-state index in [-0.39, 0.29) is 5.56 Å². The molecular weight excluding hydrogens is 284 g/mol. The van der Waals surface area contributed by atoms with Crippen LogP contribution in [0.2, 0.25) is 0 Å². The van der Waals surface area contributed by atoms with Crippen LogP contribution in [-0.4, -0.2) is 5.91 Å². The van der Waals surface area contributed by atoms with Crippen LogP contribution in [0.5, 0.6) is 0 Å². The summed E-state index contributed by atoms with van der Waals surface area (Å²) in [7, 11) is 0. The summed E-state index contributed by atoms with van der Waals surface area (Å²) in [5, 5.41) is 2.46. The molecule has 0 bridgehead atoms. The fourth-order valence-corrected chi connectivity index (χ4v) is 1.91. The molecular formula is C15H12ClF2NO. The van der Waals surface area contributed by atoms with Gasteiger partial charge in [0, 0.05) is 11.6 Å². The van der Waals surface area contributed by atoms with Gasteiger partial charge >= 0.3 is 0 Å². The van der Waals surface area contributed by atoms with Crippen molar-refractivity contribution in [2.24, 2.45) is 0 Å². The number of carbonyl (C=O) groups excluding carboxylic acids is 1. The third-order valence-electron chi connectivity index (χ3n) is 2.88. The van der Waals surface area contributed by atoms with Crippen LogP contribution in [0.1, 0.15) is 21.5 Å². The Morgan fingerprint density at radius 3 is 2.40 bits per heavy atom. The first-order valence-electron chi connectivity index (χ1n) is 5.93. The molecule has 0 aliphatic rings. The number of nitrogens with one attached hydrogen (secondary N) is 1. The number of halogens is 3. The van der Waals surface area contributed by atoms with Crippen LogP contribution in [0, 0.1) is 18.6 Å². The van der Waals surface area contributed by atoms with E-state index in [1.165, 1.54) is 13.0 Å². The first-order chi connectivity index (χ1) is 9.52. The first kappa shape index (κ1) is 14.5. The standard InChI is InChI=1S/C15H12ClF2NO/c1-9-2-7-12(17)13(14(9)18)15(20)19-11-5-3-10(8-16)4-6-11/h2-7H,8H2,1H3,(H,19,20). The van der Waals surface area contributed by atoms with Crippen LogP contribution in [0.15, 0.2) is 36.4 Å². The number of hydrogen-bond donors (Lipinski definition) is 1. The van der Waals surface area contributed by atoms with Gasteiger partial charge in [-0.15, -0.1) is 11.6 Å². The van der Waals surface area contributed by atoms with Gasteiger partial charge in [-0.1, -0.05) is 18.2 Å². The predicted octanol–water partition coefficient (Wildman–Crippen LogP) is 4.26. The molecule has 1 amide bonds. The molecule has 0 spiro atoms. The number of amides is 1. The summed E-state index contributed by atoms with van der Waals surface area (Å²) < 4.78 is 27.4. The molecule has 2 aromatic rings. The van der Waals surface area contributed by atoms with Crippen LogP contribution in [0.25, 0.3) is 0 Å². The van der Waals surface area contributed by atoms with Gasteiger partial charge in [0.2, 0.25) is 0 Å². The van der Waals surface area contributed by atoms with Gasteiger partial charge in [0.25, 0.3) is 5.91 Å². The van der Waals surface area contributed by atoms with Crippen LogP contribution in [-0.2, 0) is 5.88 Å². The maximum Gasteiger partial charge on any atom is 0.261 e. The highest BCUT2D eigenvalue weighted by molar-refractivity contribution is 6.17. The van der Waals surface area contributed by atoms with E-state index >= 15 is 0 Å². The fraction of sp³-hybridized carbons (Fsp3) is 0.133. The molecule has 0 heterocycles. The second-order valence-corrected chi connectivity index (χ2v) is 4.61. The van der Waals surface area contributed by atoms with E-state index in [0.717, 1.165) is 11.6 Å². The lowest BCUT2D eigenvalue weighted by Crippen LogP contribution is -2.16. The normalized spacial score (nSPS) is 10.4. The van der Waals surface area contributed by atoms with Crippen molar-refractivity contribution in [3.05, 3.63) is 64.7 Å². The molecule has 0 saturated heterocycles. The summed E-state index contributed by atoms with van der Waals surface area (Å²) in [5.74, 6) is -2.19. The van der Waals surface area contributed by atoms with Gasteiger partial charge in [-0.3, -0.25) is 4.79 Å². The monoisotopic (exact) mass is 295 g/mol. The average molecular weight is 296 g/mol. The highest BCUT2D eigenvalue weighted by Crippen LogP contribution is 2.19. The SMILES string of the molecule is Cc1ccc(F)c(C(=O)Nc2ccc(CCl)cc2)c1F. The minimum atomic E-state index is -0.886. The van der Waals surface area contributed by atoms with Crippen LogP contribution >= 0.6 is 11.6 Å². The number of carbonyl (C=O) groups is 1. The summed E-state index contributed by atoms with van der Waals surface area (Å²) >= 11 is 5.65. The molecule has 0 fully saturated rings. The largest absolute Gasteiger partial charge is 0.322 e. The quantitative estimate of drug-likeness (QED) is 0.842. The van der Waals surface area contributed by atoms with Crippen molar-refractivity contribution in [2.75, 3.05) is 5.32 Å². The van der Waals surface area contributed by atoms with E-state index in [4.69, 9.17) is 11.6 Å². The highest BCUT2D eigenvalue weighted by Gasteiger charge is 2.19. The van der Waals surface area contributed by atoms with Gasteiger partial charge in [0.1, 0.15) is 17.2 Å². The van der Waals surface area contributed by atoms with Crippen molar-refractivity contribution in [2.45, 2.75) is 12.8 Å². The van der Waals surface area contributed by atoms with Crippen LogP contribution in [0.4, 0.5) is 14.5 Å². The summed E-state index contributed by atoms with van der Waals surface area (Å²) in [6.45, 7) is 1.47. The van der Waals surface area contributed by atoms with E-state index in [2.05, 4.69) is 5.32 Å². The van der Waals surface area contributed by atoms with E-state index in [9.17, 15) is 13.6 Å². The van der Waals surface area contributed by atoms with E-state index < -0.39 is 23.1 Å². The van der Waals surface area contributed by atoms with Gasteiger partial charge in [-0.25, -0.2) is 8.78 Å². The van der Waals surface area contributed by atoms with Crippen molar-refractivity contribution in [3.63, 3.8) is 0 Å². The van der Waals surface area contributed by atoms with E-state index in [1.54, 1.807) is 24.3 Å². The molecule has 1 N–H and O–H groups in total. The minimum Gasteiger partial charge on any atom is -0.322 e.